The van der Waals surface area contributed by atoms with Gasteiger partial charge < -0.3 is 14.5 Å². The highest BCUT2D eigenvalue weighted by molar-refractivity contribution is 5.79. The summed E-state index contributed by atoms with van der Waals surface area (Å²) in [6.07, 6.45) is 11.5. The van der Waals surface area contributed by atoms with E-state index in [9.17, 15) is 0 Å². The molecule has 26 heavy (non-hydrogen) atoms. The van der Waals surface area contributed by atoms with E-state index in [2.05, 4.69) is 41.5 Å². The first-order chi connectivity index (χ1) is 12.7. The molecule has 0 aromatic heterocycles. The molecule has 3 aliphatic rings. The predicted molar refractivity (Wildman–Crippen MR) is 106 cm³/mol. The van der Waals surface area contributed by atoms with Crippen LogP contribution in [0.15, 0.2) is 29.7 Å². The normalized spacial score (nSPS) is 30.3. The van der Waals surface area contributed by atoms with Gasteiger partial charge in [-0.25, -0.2) is 0 Å². The molecule has 0 bridgehead atoms. The van der Waals surface area contributed by atoms with Gasteiger partial charge in [0.05, 0.1) is 0 Å². The van der Waals surface area contributed by atoms with Crippen molar-refractivity contribution in [1.29, 1.82) is 0 Å². The lowest BCUT2D eigenvalue weighted by Gasteiger charge is -2.37. The van der Waals surface area contributed by atoms with Crippen molar-refractivity contribution in [2.45, 2.75) is 58.5 Å². The summed E-state index contributed by atoms with van der Waals surface area (Å²) in [5, 5.41) is 4.29. The Morgan fingerprint density at radius 1 is 1.27 bits per heavy atom. The van der Waals surface area contributed by atoms with Crippen LogP contribution >= 0.6 is 0 Å². The largest absolute Gasteiger partial charge is 0.470 e. The molecule has 0 aromatic carbocycles. The number of hydrogen-bond donors (Lipinski definition) is 0. The van der Waals surface area contributed by atoms with Crippen LogP contribution in [0.1, 0.15) is 52.4 Å². The van der Waals surface area contributed by atoms with Gasteiger partial charge in [-0.1, -0.05) is 44.5 Å². The first kappa shape index (κ1) is 19.3. The molecule has 2 saturated heterocycles. The van der Waals surface area contributed by atoms with E-state index in [0.29, 0.717) is 18.4 Å². The molecule has 5 heteroatoms. The second kappa shape index (κ2) is 9.45. The van der Waals surface area contributed by atoms with Crippen LogP contribution in [-0.4, -0.2) is 54.6 Å². The van der Waals surface area contributed by atoms with Crippen LogP contribution in [0.4, 0.5) is 0 Å². The summed E-state index contributed by atoms with van der Waals surface area (Å²) in [6, 6.07) is 0. The predicted octanol–water partition coefficient (Wildman–Crippen LogP) is 3.99. The zero-order valence-corrected chi connectivity index (χ0v) is 16.5. The van der Waals surface area contributed by atoms with Crippen molar-refractivity contribution in [2.24, 2.45) is 17.0 Å². The Morgan fingerprint density at radius 2 is 2.08 bits per heavy atom. The first-order valence-corrected chi connectivity index (χ1v) is 10.4. The van der Waals surface area contributed by atoms with E-state index in [1.54, 1.807) is 0 Å². The molecule has 3 heterocycles. The van der Waals surface area contributed by atoms with E-state index in [4.69, 9.17) is 9.57 Å². The molecule has 0 radical (unpaired) electrons. The Bertz CT molecular complexity index is 525. The fourth-order valence-electron chi connectivity index (χ4n) is 4.04. The van der Waals surface area contributed by atoms with Gasteiger partial charge in [-0.3, -0.25) is 4.90 Å². The first-order valence-electron chi connectivity index (χ1n) is 10.4. The Balaban J connectivity index is 1.59. The van der Waals surface area contributed by atoms with Gasteiger partial charge in [-0.15, -0.1) is 0 Å². The van der Waals surface area contributed by atoms with Gasteiger partial charge in [0.2, 0.25) is 5.90 Å². The number of rotatable bonds is 6. The minimum absolute atomic E-state index is 0.111. The van der Waals surface area contributed by atoms with Crippen molar-refractivity contribution >= 4 is 5.90 Å². The average Bonchev–Trinajstić information content (AvgIpc) is 2.69. The highest BCUT2D eigenvalue weighted by Gasteiger charge is 2.32. The standard InChI is InChI=1S/C21H35N3O2/c1-4-17(3)13-19-14-18(9-12-24(19)5-2)21-22-25-16-20(26-21)15-23-10-7-6-8-11-23/h5,13,17-18,20H,2,4,6-12,14-16H2,1,3H3/b19-13-. The molecule has 5 nitrogen and oxygen atoms in total. The van der Waals surface area contributed by atoms with Crippen LogP contribution in [0.25, 0.3) is 0 Å². The van der Waals surface area contributed by atoms with Crippen LogP contribution in [0.5, 0.6) is 0 Å². The lowest BCUT2D eigenvalue weighted by Crippen LogP contribution is -2.43. The maximum absolute atomic E-state index is 6.29. The van der Waals surface area contributed by atoms with Gasteiger partial charge in [0.15, 0.2) is 6.61 Å². The maximum Gasteiger partial charge on any atom is 0.229 e. The molecular formula is C21H35N3O2. The lowest BCUT2D eigenvalue weighted by molar-refractivity contribution is -0.0164. The second-order valence-electron chi connectivity index (χ2n) is 7.94. The number of allylic oxidation sites excluding steroid dienone is 2. The fourth-order valence-corrected chi connectivity index (χ4v) is 4.04. The van der Waals surface area contributed by atoms with Gasteiger partial charge in [-0.05, 0) is 50.9 Å². The summed E-state index contributed by atoms with van der Waals surface area (Å²) >= 11 is 0. The molecule has 0 spiro atoms. The summed E-state index contributed by atoms with van der Waals surface area (Å²) < 4.78 is 6.29. The summed E-state index contributed by atoms with van der Waals surface area (Å²) in [4.78, 5) is 10.3. The molecule has 3 aliphatic heterocycles. The van der Waals surface area contributed by atoms with Gasteiger partial charge in [0.25, 0.3) is 0 Å². The third-order valence-electron chi connectivity index (χ3n) is 5.85. The van der Waals surface area contributed by atoms with E-state index in [0.717, 1.165) is 38.2 Å². The SMILES string of the molecule is C=CN1CCC(C2=NOCC(CN3CCCCC3)O2)C/C1=C/C(C)CC. The van der Waals surface area contributed by atoms with Gasteiger partial charge in [-0.2, -0.15) is 0 Å². The van der Waals surface area contributed by atoms with Crippen LogP contribution in [0.3, 0.4) is 0 Å². The van der Waals surface area contributed by atoms with E-state index in [1.807, 2.05) is 6.20 Å². The summed E-state index contributed by atoms with van der Waals surface area (Å²) in [5.74, 6) is 1.69. The minimum atomic E-state index is 0.111. The molecule has 0 saturated carbocycles. The molecule has 2 fully saturated rings. The summed E-state index contributed by atoms with van der Waals surface area (Å²) in [7, 11) is 0. The van der Waals surface area contributed by atoms with Crippen molar-refractivity contribution in [3.8, 4) is 0 Å². The summed E-state index contributed by atoms with van der Waals surface area (Å²) in [6.45, 7) is 13.3. The zero-order valence-electron chi connectivity index (χ0n) is 16.5. The second-order valence-corrected chi connectivity index (χ2v) is 7.94. The molecule has 0 amide bonds. The van der Waals surface area contributed by atoms with Crippen LogP contribution < -0.4 is 0 Å². The highest BCUT2D eigenvalue weighted by Crippen LogP contribution is 2.30. The third kappa shape index (κ3) is 5.03. The van der Waals surface area contributed by atoms with Crippen molar-refractivity contribution in [1.82, 2.24) is 9.80 Å². The van der Waals surface area contributed by atoms with E-state index in [-0.39, 0.29) is 6.10 Å². The maximum atomic E-state index is 6.29. The monoisotopic (exact) mass is 361 g/mol. The number of piperidine rings is 2. The fraction of sp³-hybridized carbons (Fsp3) is 0.762. The molecule has 3 unspecified atom stereocenters. The van der Waals surface area contributed by atoms with E-state index < -0.39 is 0 Å². The van der Waals surface area contributed by atoms with Crippen LogP contribution in [-0.2, 0) is 9.57 Å². The van der Waals surface area contributed by atoms with Crippen LogP contribution in [0.2, 0.25) is 0 Å². The van der Waals surface area contributed by atoms with Crippen molar-refractivity contribution in [3.05, 3.63) is 24.6 Å². The number of hydrogen-bond acceptors (Lipinski definition) is 5. The molecule has 0 aliphatic carbocycles. The highest BCUT2D eigenvalue weighted by atomic mass is 16.7. The number of nitrogens with zero attached hydrogens (tertiary/aromatic N) is 3. The number of oxime groups is 1. The zero-order chi connectivity index (χ0) is 18.4. The lowest BCUT2D eigenvalue weighted by atomic mass is 9.92. The van der Waals surface area contributed by atoms with E-state index in [1.165, 1.54) is 38.0 Å². The van der Waals surface area contributed by atoms with E-state index >= 15 is 0 Å². The molecule has 3 rings (SSSR count). The average molecular weight is 362 g/mol. The third-order valence-corrected chi connectivity index (χ3v) is 5.85. The van der Waals surface area contributed by atoms with Gasteiger partial charge in [0.1, 0.15) is 6.10 Å². The minimum Gasteiger partial charge on any atom is -0.470 e. The van der Waals surface area contributed by atoms with Gasteiger partial charge in [0, 0.05) is 24.7 Å². The Labute approximate surface area is 158 Å². The quantitative estimate of drug-likeness (QED) is 0.717. The molecular weight excluding hydrogens is 326 g/mol. The Kier molecular flexibility index (Phi) is 7.00. The van der Waals surface area contributed by atoms with Crippen LogP contribution in [0, 0.1) is 11.8 Å². The smallest absolute Gasteiger partial charge is 0.229 e. The summed E-state index contributed by atoms with van der Waals surface area (Å²) in [5.41, 5.74) is 1.34. The van der Waals surface area contributed by atoms with Crippen molar-refractivity contribution < 1.29 is 9.57 Å². The number of ether oxygens (including phenoxy) is 1. The Morgan fingerprint density at radius 3 is 2.81 bits per heavy atom. The topological polar surface area (TPSA) is 37.3 Å². The van der Waals surface area contributed by atoms with Crippen molar-refractivity contribution in [2.75, 3.05) is 32.8 Å². The molecule has 3 atom stereocenters. The molecule has 0 N–H and O–H groups in total. The molecule has 146 valence electrons. The number of likely N-dealkylation sites (tertiary alicyclic amines) is 2. The van der Waals surface area contributed by atoms with Gasteiger partial charge >= 0.3 is 0 Å². The molecule has 0 aromatic rings. The van der Waals surface area contributed by atoms with Crippen molar-refractivity contribution in [3.63, 3.8) is 0 Å². The Hall–Kier alpha value is -1.49.